The van der Waals surface area contributed by atoms with E-state index in [1.807, 2.05) is 11.4 Å². The minimum absolute atomic E-state index is 0.161. The van der Waals surface area contributed by atoms with Crippen molar-refractivity contribution >= 4 is 22.4 Å². The van der Waals surface area contributed by atoms with Gasteiger partial charge in [-0.25, -0.2) is 22.8 Å². The average molecular weight is 345 g/mol. The number of halogens is 3. The summed E-state index contributed by atoms with van der Waals surface area (Å²) in [5, 5.41) is 6.14. The van der Waals surface area contributed by atoms with E-state index in [-0.39, 0.29) is 22.3 Å². The second-order valence-electron chi connectivity index (χ2n) is 5.12. The summed E-state index contributed by atoms with van der Waals surface area (Å²) in [4.78, 5) is 5.21. The van der Waals surface area contributed by atoms with Crippen LogP contribution in [0.2, 0.25) is 0 Å². The maximum atomic E-state index is 14.1. The number of nitrogens with zero attached hydrogens (tertiary/aromatic N) is 3. The van der Waals surface area contributed by atoms with E-state index in [1.54, 1.807) is 18.2 Å². The van der Waals surface area contributed by atoms with Crippen molar-refractivity contribution < 1.29 is 13.2 Å². The first kappa shape index (κ1) is 14.9. The Labute approximate surface area is 139 Å². The molecule has 1 aromatic carbocycles. The van der Waals surface area contributed by atoms with E-state index in [0.29, 0.717) is 5.69 Å². The molecule has 0 aliphatic carbocycles. The summed E-state index contributed by atoms with van der Waals surface area (Å²) in [5.74, 6) is -0.496. The van der Waals surface area contributed by atoms with Crippen LogP contribution in [0.4, 0.5) is 13.2 Å². The quantitative estimate of drug-likeness (QED) is 0.509. The highest BCUT2D eigenvalue weighted by Gasteiger charge is 2.20. The van der Waals surface area contributed by atoms with Crippen molar-refractivity contribution in [3.05, 3.63) is 65.4 Å². The van der Waals surface area contributed by atoms with Gasteiger partial charge in [0.25, 0.3) is 6.43 Å². The summed E-state index contributed by atoms with van der Waals surface area (Å²) >= 11 is 1.40. The van der Waals surface area contributed by atoms with E-state index >= 15 is 0 Å². The van der Waals surface area contributed by atoms with E-state index in [4.69, 9.17) is 0 Å². The van der Waals surface area contributed by atoms with Gasteiger partial charge in [-0.15, -0.1) is 11.3 Å². The zero-order chi connectivity index (χ0) is 16.7. The average Bonchev–Trinajstić information content (AvgIpc) is 3.24. The minimum atomic E-state index is -2.67. The van der Waals surface area contributed by atoms with Crippen LogP contribution in [0.15, 0.2) is 54.0 Å². The van der Waals surface area contributed by atoms with Crippen LogP contribution in [-0.2, 0) is 0 Å². The Morgan fingerprint density at radius 1 is 1.08 bits per heavy atom. The first-order valence-corrected chi connectivity index (χ1v) is 7.98. The maximum Gasteiger partial charge on any atom is 0.264 e. The van der Waals surface area contributed by atoms with Gasteiger partial charge in [-0.3, -0.25) is 0 Å². The van der Waals surface area contributed by atoms with E-state index in [1.165, 1.54) is 40.4 Å². The van der Waals surface area contributed by atoms with Crippen molar-refractivity contribution in [3.63, 3.8) is 0 Å². The number of rotatable bonds is 3. The van der Waals surface area contributed by atoms with Crippen molar-refractivity contribution in [2.45, 2.75) is 6.43 Å². The number of hydrogen-bond acceptors (Lipinski definition) is 3. The largest absolute Gasteiger partial charge is 0.264 e. The molecular formula is C17H10F3N3S. The van der Waals surface area contributed by atoms with Gasteiger partial charge >= 0.3 is 0 Å². The van der Waals surface area contributed by atoms with Crippen LogP contribution in [0.1, 0.15) is 12.0 Å². The van der Waals surface area contributed by atoms with Gasteiger partial charge in [-0.1, -0.05) is 18.2 Å². The van der Waals surface area contributed by atoms with Gasteiger partial charge in [0.1, 0.15) is 11.5 Å². The Morgan fingerprint density at radius 2 is 1.92 bits per heavy atom. The van der Waals surface area contributed by atoms with Gasteiger partial charge in [-0.05, 0) is 29.6 Å². The first-order valence-electron chi connectivity index (χ1n) is 7.11. The van der Waals surface area contributed by atoms with Crippen molar-refractivity contribution in [2.75, 3.05) is 0 Å². The molecule has 0 bridgehead atoms. The lowest BCUT2D eigenvalue weighted by Crippen LogP contribution is -2.01. The number of fused-ring (bicyclic) bond motifs is 1. The standard InChI is InChI=1S/C17H10F3N3S/c18-12-4-1-2-5-14(12)23-17-11(9-21-23)10(16(19)20)8-13(22-17)15-6-3-7-24-15/h1-9,16H. The lowest BCUT2D eigenvalue weighted by molar-refractivity contribution is 0.153. The molecule has 7 heteroatoms. The molecule has 3 aromatic heterocycles. The van der Waals surface area contributed by atoms with Crippen molar-refractivity contribution in [1.29, 1.82) is 0 Å². The Hall–Kier alpha value is -2.67. The summed E-state index contributed by atoms with van der Waals surface area (Å²) in [6.07, 6.45) is -1.37. The molecule has 0 spiro atoms. The number of benzene rings is 1. The second kappa shape index (κ2) is 5.76. The SMILES string of the molecule is Fc1ccccc1-n1ncc2c(C(F)F)cc(-c3cccs3)nc21. The highest BCUT2D eigenvalue weighted by molar-refractivity contribution is 7.13. The molecule has 3 nitrogen and oxygen atoms in total. The fourth-order valence-corrected chi connectivity index (χ4v) is 3.24. The smallest absolute Gasteiger partial charge is 0.227 e. The summed E-state index contributed by atoms with van der Waals surface area (Å²) in [7, 11) is 0. The highest BCUT2D eigenvalue weighted by Crippen LogP contribution is 2.33. The third-order valence-corrected chi connectivity index (χ3v) is 4.56. The van der Waals surface area contributed by atoms with Crippen molar-refractivity contribution in [2.24, 2.45) is 0 Å². The molecule has 0 N–H and O–H groups in total. The zero-order valence-corrected chi connectivity index (χ0v) is 13.0. The fourth-order valence-electron chi connectivity index (χ4n) is 2.56. The molecule has 0 atom stereocenters. The molecule has 0 radical (unpaired) electrons. The number of thiophene rings is 1. The van der Waals surface area contributed by atoms with Crippen molar-refractivity contribution in [1.82, 2.24) is 14.8 Å². The summed E-state index contributed by atoms with van der Waals surface area (Å²) in [5.41, 5.74) is 0.640. The zero-order valence-electron chi connectivity index (χ0n) is 12.2. The van der Waals surface area contributed by atoms with Crippen LogP contribution in [0, 0.1) is 5.82 Å². The summed E-state index contributed by atoms with van der Waals surface area (Å²) in [6.45, 7) is 0. The van der Waals surface area contributed by atoms with Gasteiger partial charge < -0.3 is 0 Å². The number of aromatic nitrogens is 3. The van der Waals surface area contributed by atoms with Crippen LogP contribution in [0.3, 0.4) is 0 Å². The Balaban J connectivity index is 2.03. The summed E-state index contributed by atoms with van der Waals surface area (Å²) < 4.78 is 42.3. The molecule has 0 aliphatic rings. The van der Waals surface area contributed by atoms with Crippen LogP contribution >= 0.6 is 11.3 Å². The molecule has 24 heavy (non-hydrogen) atoms. The van der Waals surface area contributed by atoms with Gasteiger partial charge in [0.2, 0.25) is 0 Å². The lowest BCUT2D eigenvalue weighted by Gasteiger charge is -2.08. The minimum Gasteiger partial charge on any atom is -0.227 e. The topological polar surface area (TPSA) is 30.7 Å². The molecular weight excluding hydrogens is 335 g/mol. The first-order chi connectivity index (χ1) is 11.6. The molecule has 0 aliphatic heterocycles. The molecule has 4 rings (SSSR count). The van der Waals surface area contributed by atoms with Crippen LogP contribution < -0.4 is 0 Å². The van der Waals surface area contributed by atoms with Crippen molar-refractivity contribution in [3.8, 4) is 16.3 Å². The molecule has 3 heterocycles. The molecule has 120 valence electrons. The number of hydrogen-bond donors (Lipinski definition) is 0. The molecule has 0 unspecified atom stereocenters. The summed E-state index contributed by atoms with van der Waals surface area (Å²) in [6, 6.07) is 11.0. The third-order valence-electron chi connectivity index (χ3n) is 3.66. The van der Waals surface area contributed by atoms with E-state index in [2.05, 4.69) is 10.1 Å². The maximum absolute atomic E-state index is 14.1. The molecule has 4 aromatic rings. The third kappa shape index (κ3) is 2.37. The lowest BCUT2D eigenvalue weighted by atomic mass is 10.1. The van der Waals surface area contributed by atoms with Gasteiger partial charge in [0, 0.05) is 10.9 Å². The molecule has 0 saturated carbocycles. The number of alkyl halides is 2. The normalized spacial score (nSPS) is 11.5. The molecule has 0 amide bonds. The van der Waals surface area contributed by atoms with Gasteiger partial charge in [0.05, 0.1) is 16.8 Å². The van der Waals surface area contributed by atoms with Crippen LogP contribution in [0.25, 0.3) is 27.3 Å². The predicted octanol–water partition coefficient (Wildman–Crippen LogP) is 5.23. The van der Waals surface area contributed by atoms with E-state index in [0.717, 1.165) is 4.88 Å². The Morgan fingerprint density at radius 3 is 2.62 bits per heavy atom. The fraction of sp³-hybridized carbons (Fsp3) is 0.0588. The monoisotopic (exact) mass is 345 g/mol. The van der Waals surface area contributed by atoms with E-state index < -0.39 is 12.2 Å². The number of pyridine rings is 1. The number of para-hydroxylation sites is 1. The highest BCUT2D eigenvalue weighted by atomic mass is 32.1. The Kier molecular flexibility index (Phi) is 3.57. The Bertz CT molecular complexity index is 1010. The van der Waals surface area contributed by atoms with Crippen LogP contribution in [-0.4, -0.2) is 14.8 Å². The van der Waals surface area contributed by atoms with Gasteiger partial charge in [-0.2, -0.15) is 5.10 Å². The molecule has 0 fully saturated rings. The molecule has 0 saturated heterocycles. The second-order valence-corrected chi connectivity index (χ2v) is 6.07. The van der Waals surface area contributed by atoms with Crippen LogP contribution in [0.5, 0.6) is 0 Å². The van der Waals surface area contributed by atoms with Gasteiger partial charge in [0.15, 0.2) is 5.65 Å². The predicted molar refractivity (Wildman–Crippen MR) is 87.1 cm³/mol. The van der Waals surface area contributed by atoms with E-state index in [9.17, 15) is 13.2 Å².